The van der Waals surface area contributed by atoms with Crippen molar-refractivity contribution >= 4 is 21.4 Å². The van der Waals surface area contributed by atoms with Gasteiger partial charge in [-0.1, -0.05) is 6.42 Å². The number of alkyl halides is 1. The molecule has 0 aliphatic carbocycles. The second kappa shape index (κ2) is 4.33. The number of nitrogens with zero attached hydrogens (tertiary/aromatic N) is 3. The van der Waals surface area contributed by atoms with Gasteiger partial charge in [0.15, 0.2) is 15.7 Å². The lowest BCUT2D eigenvalue weighted by molar-refractivity contribution is 0.532. The molecule has 90 valence electrons. The summed E-state index contributed by atoms with van der Waals surface area (Å²) in [7, 11) is -1.30. The molecule has 1 aliphatic rings. The van der Waals surface area contributed by atoms with Crippen molar-refractivity contribution in [1.29, 1.82) is 0 Å². The first-order valence-corrected chi connectivity index (χ1v) is 7.47. The summed E-state index contributed by atoms with van der Waals surface area (Å²) in [4.78, 5) is 0. The second-order valence-electron chi connectivity index (χ2n) is 4.02. The summed E-state index contributed by atoms with van der Waals surface area (Å²) in [6.45, 7) is 0. The van der Waals surface area contributed by atoms with E-state index in [-0.39, 0.29) is 11.6 Å². The SMILES string of the molecule is Cn1c(CCl)nnc1C1CCCCS1(=O)=O. The van der Waals surface area contributed by atoms with E-state index < -0.39 is 15.1 Å². The third-order valence-electron chi connectivity index (χ3n) is 2.98. The predicted octanol–water partition coefficient (Wildman–Crippen LogP) is 1.19. The maximum absolute atomic E-state index is 11.9. The Hall–Kier alpha value is -0.620. The van der Waals surface area contributed by atoms with Crippen molar-refractivity contribution in [2.75, 3.05) is 5.75 Å². The van der Waals surface area contributed by atoms with Crippen molar-refractivity contribution in [3.05, 3.63) is 11.6 Å². The summed E-state index contributed by atoms with van der Waals surface area (Å²) in [6, 6.07) is 0. The van der Waals surface area contributed by atoms with Crippen LogP contribution in [0.3, 0.4) is 0 Å². The highest BCUT2D eigenvalue weighted by molar-refractivity contribution is 7.91. The second-order valence-corrected chi connectivity index (χ2v) is 6.59. The Morgan fingerprint density at radius 3 is 2.75 bits per heavy atom. The summed E-state index contributed by atoms with van der Waals surface area (Å²) in [6.07, 6.45) is 2.31. The highest BCUT2D eigenvalue weighted by Crippen LogP contribution is 2.32. The molecule has 2 rings (SSSR count). The predicted molar refractivity (Wildman–Crippen MR) is 60.9 cm³/mol. The van der Waals surface area contributed by atoms with E-state index in [4.69, 9.17) is 11.6 Å². The molecule has 1 aromatic heterocycles. The van der Waals surface area contributed by atoms with Crippen molar-refractivity contribution < 1.29 is 8.42 Å². The zero-order valence-corrected chi connectivity index (χ0v) is 10.6. The van der Waals surface area contributed by atoms with E-state index in [0.29, 0.717) is 18.1 Å². The molecule has 5 nitrogen and oxygen atoms in total. The van der Waals surface area contributed by atoms with E-state index in [2.05, 4.69) is 10.2 Å². The van der Waals surface area contributed by atoms with Crippen LogP contribution in [0.1, 0.15) is 36.2 Å². The zero-order valence-electron chi connectivity index (χ0n) is 9.06. The Morgan fingerprint density at radius 2 is 2.19 bits per heavy atom. The number of hydrogen-bond donors (Lipinski definition) is 0. The molecule has 0 amide bonds. The van der Waals surface area contributed by atoms with Crippen LogP contribution in [0.25, 0.3) is 0 Å². The van der Waals surface area contributed by atoms with Crippen LogP contribution in [0.4, 0.5) is 0 Å². The van der Waals surface area contributed by atoms with Crippen molar-refractivity contribution in [2.45, 2.75) is 30.4 Å². The molecule has 0 radical (unpaired) electrons. The molecule has 2 heterocycles. The van der Waals surface area contributed by atoms with Gasteiger partial charge in [-0.25, -0.2) is 8.42 Å². The maximum Gasteiger partial charge on any atom is 0.160 e. The Kier molecular flexibility index (Phi) is 3.21. The van der Waals surface area contributed by atoms with E-state index in [1.54, 1.807) is 11.6 Å². The first kappa shape index (κ1) is 11.9. The maximum atomic E-state index is 11.9. The quantitative estimate of drug-likeness (QED) is 0.752. The standard InChI is InChI=1S/C9H14ClN3O2S/c1-13-8(6-10)11-12-9(13)7-4-2-3-5-16(7,14)15/h7H,2-6H2,1H3. The molecule has 0 aromatic carbocycles. The van der Waals surface area contributed by atoms with Gasteiger partial charge >= 0.3 is 0 Å². The van der Waals surface area contributed by atoms with Gasteiger partial charge in [0.05, 0.1) is 11.6 Å². The molecule has 0 bridgehead atoms. The van der Waals surface area contributed by atoms with Crippen LogP contribution in [0.5, 0.6) is 0 Å². The molecule has 1 saturated heterocycles. The van der Waals surface area contributed by atoms with Gasteiger partial charge in [-0.05, 0) is 12.8 Å². The zero-order chi connectivity index (χ0) is 11.8. The fourth-order valence-corrected chi connectivity index (χ4v) is 4.19. The van der Waals surface area contributed by atoms with Crippen LogP contribution in [0, 0.1) is 0 Å². The molecule has 1 fully saturated rings. The van der Waals surface area contributed by atoms with Crippen LogP contribution in [-0.4, -0.2) is 28.9 Å². The van der Waals surface area contributed by atoms with Gasteiger partial charge in [-0.3, -0.25) is 0 Å². The normalized spacial score (nSPS) is 24.5. The van der Waals surface area contributed by atoms with E-state index in [1.807, 2.05) is 0 Å². The molecule has 0 saturated carbocycles. The fourth-order valence-electron chi connectivity index (χ4n) is 2.02. The Balaban J connectivity index is 2.39. The lowest BCUT2D eigenvalue weighted by atomic mass is 10.2. The van der Waals surface area contributed by atoms with Gasteiger partial charge in [-0.2, -0.15) is 0 Å². The molecule has 0 N–H and O–H groups in total. The molecular formula is C9H14ClN3O2S. The molecule has 0 spiro atoms. The summed E-state index contributed by atoms with van der Waals surface area (Å²) in [5.41, 5.74) is 0. The highest BCUT2D eigenvalue weighted by atomic mass is 35.5. The first-order chi connectivity index (χ1) is 7.56. The number of aromatic nitrogens is 3. The third-order valence-corrected chi connectivity index (χ3v) is 5.40. The monoisotopic (exact) mass is 263 g/mol. The molecule has 7 heteroatoms. The van der Waals surface area contributed by atoms with Crippen LogP contribution >= 0.6 is 11.6 Å². The number of hydrogen-bond acceptors (Lipinski definition) is 4. The van der Waals surface area contributed by atoms with Crippen LogP contribution in [-0.2, 0) is 22.8 Å². The average Bonchev–Trinajstić information content (AvgIpc) is 2.59. The lowest BCUT2D eigenvalue weighted by Gasteiger charge is -2.21. The van der Waals surface area contributed by atoms with Gasteiger partial charge in [0.2, 0.25) is 0 Å². The van der Waals surface area contributed by atoms with Gasteiger partial charge in [-0.15, -0.1) is 21.8 Å². The fraction of sp³-hybridized carbons (Fsp3) is 0.778. The van der Waals surface area contributed by atoms with E-state index in [9.17, 15) is 8.42 Å². The summed E-state index contributed by atoms with van der Waals surface area (Å²) in [5.74, 6) is 1.63. The van der Waals surface area contributed by atoms with Gasteiger partial charge in [0.25, 0.3) is 0 Å². The van der Waals surface area contributed by atoms with Gasteiger partial charge < -0.3 is 4.57 Å². The largest absolute Gasteiger partial charge is 0.316 e. The molecule has 1 unspecified atom stereocenters. The third kappa shape index (κ3) is 1.96. The van der Waals surface area contributed by atoms with Crippen molar-refractivity contribution in [1.82, 2.24) is 14.8 Å². The minimum atomic E-state index is -3.06. The van der Waals surface area contributed by atoms with Gasteiger partial charge in [0.1, 0.15) is 11.1 Å². The van der Waals surface area contributed by atoms with Crippen molar-refractivity contribution in [3.63, 3.8) is 0 Å². The summed E-state index contributed by atoms with van der Waals surface area (Å²) >= 11 is 5.68. The van der Waals surface area contributed by atoms with E-state index in [1.165, 1.54) is 0 Å². The average molecular weight is 264 g/mol. The topological polar surface area (TPSA) is 64.8 Å². The molecule has 1 aromatic rings. The smallest absolute Gasteiger partial charge is 0.160 e. The number of sulfone groups is 1. The molecule has 1 atom stereocenters. The molecular weight excluding hydrogens is 250 g/mol. The Labute approximate surface area is 99.7 Å². The minimum absolute atomic E-state index is 0.246. The van der Waals surface area contributed by atoms with Gasteiger partial charge in [0, 0.05) is 7.05 Å². The van der Waals surface area contributed by atoms with Crippen LogP contribution in [0.2, 0.25) is 0 Å². The summed E-state index contributed by atoms with van der Waals surface area (Å²) < 4.78 is 25.5. The summed E-state index contributed by atoms with van der Waals surface area (Å²) in [5, 5.41) is 7.34. The van der Waals surface area contributed by atoms with Crippen LogP contribution in [0.15, 0.2) is 0 Å². The molecule has 1 aliphatic heterocycles. The lowest BCUT2D eigenvalue weighted by Crippen LogP contribution is -2.24. The number of halogens is 1. The van der Waals surface area contributed by atoms with Crippen molar-refractivity contribution in [2.24, 2.45) is 7.05 Å². The Morgan fingerprint density at radius 1 is 1.44 bits per heavy atom. The van der Waals surface area contributed by atoms with Crippen molar-refractivity contribution in [3.8, 4) is 0 Å². The van der Waals surface area contributed by atoms with E-state index in [0.717, 1.165) is 12.8 Å². The van der Waals surface area contributed by atoms with Crippen LogP contribution < -0.4 is 0 Å². The Bertz CT molecular complexity index is 483. The minimum Gasteiger partial charge on any atom is -0.316 e. The molecule has 16 heavy (non-hydrogen) atoms. The van der Waals surface area contributed by atoms with E-state index >= 15 is 0 Å². The number of rotatable bonds is 2. The first-order valence-electron chi connectivity index (χ1n) is 5.22. The highest BCUT2D eigenvalue weighted by Gasteiger charge is 2.34.